The minimum Gasteiger partial charge on any atom is -0.507 e. The van der Waals surface area contributed by atoms with Gasteiger partial charge in [-0.3, -0.25) is 10.1 Å². The normalized spacial score (nSPS) is 11.1. The van der Waals surface area contributed by atoms with Gasteiger partial charge in [0.25, 0.3) is 0 Å². The molecule has 2 aromatic carbocycles. The lowest BCUT2D eigenvalue weighted by Crippen LogP contribution is -2.00. The maximum Gasteiger partial charge on any atom is 0.300 e. The summed E-state index contributed by atoms with van der Waals surface area (Å²) in [6.45, 7) is 2.49. The molecular formula is C16H12N6O4S. The zero-order valence-corrected chi connectivity index (χ0v) is 14.8. The molecule has 0 bridgehead atoms. The Morgan fingerprint density at radius 3 is 2.70 bits per heavy atom. The first-order valence-corrected chi connectivity index (χ1v) is 8.71. The summed E-state index contributed by atoms with van der Waals surface area (Å²) in [5.41, 5.74) is 0.746. The van der Waals surface area contributed by atoms with E-state index in [0.717, 1.165) is 0 Å². The number of hydrogen-bond donors (Lipinski definition) is 1. The first-order chi connectivity index (χ1) is 13.1. The van der Waals surface area contributed by atoms with Crippen molar-refractivity contribution in [2.45, 2.75) is 23.5 Å². The molecular weight excluding hydrogens is 372 g/mol. The second-order valence-corrected chi connectivity index (χ2v) is 6.48. The van der Waals surface area contributed by atoms with Crippen LogP contribution < -0.4 is 0 Å². The highest BCUT2D eigenvalue weighted by Gasteiger charge is 2.22. The molecule has 136 valence electrons. The zero-order chi connectivity index (χ0) is 19.0. The molecule has 0 aliphatic heterocycles. The number of phenolic OH excluding ortho intramolecular Hbond substituents is 1. The molecule has 4 aromatic rings. The number of nitro groups is 1. The summed E-state index contributed by atoms with van der Waals surface area (Å²) in [6, 6.07) is 9.79. The molecule has 10 nitrogen and oxygen atoms in total. The Kier molecular flexibility index (Phi) is 4.20. The van der Waals surface area contributed by atoms with Gasteiger partial charge in [-0.25, -0.2) is 4.63 Å². The summed E-state index contributed by atoms with van der Waals surface area (Å²) in [6.07, 6.45) is 0. The van der Waals surface area contributed by atoms with Crippen LogP contribution in [-0.4, -0.2) is 35.1 Å². The molecule has 0 spiro atoms. The van der Waals surface area contributed by atoms with Gasteiger partial charge in [0.15, 0.2) is 16.5 Å². The average Bonchev–Trinajstić information content (AvgIpc) is 3.29. The second kappa shape index (κ2) is 6.68. The third-order valence-corrected chi connectivity index (χ3v) is 4.97. The van der Waals surface area contributed by atoms with Crippen LogP contribution in [0, 0.1) is 10.1 Å². The fourth-order valence-corrected chi connectivity index (χ4v) is 3.64. The molecule has 0 fully saturated rings. The Morgan fingerprint density at radius 1 is 1.19 bits per heavy atom. The van der Waals surface area contributed by atoms with Crippen LogP contribution in [-0.2, 0) is 6.54 Å². The Balaban J connectivity index is 1.78. The van der Waals surface area contributed by atoms with Crippen molar-refractivity contribution in [3.63, 3.8) is 0 Å². The van der Waals surface area contributed by atoms with Crippen LogP contribution in [0.2, 0.25) is 0 Å². The number of para-hydroxylation sites is 1. The fraction of sp³-hybridized carbons (Fsp3) is 0.125. The predicted molar refractivity (Wildman–Crippen MR) is 95.4 cm³/mol. The largest absolute Gasteiger partial charge is 0.507 e. The van der Waals surface area contributed by atoms with Crippen molar-refractivity contribution in [3.8, 4) is 17.1 Å². The van der Waals surface area contributed by atoms with E-state index in [4.69, 9.17) is 0 Å². The summed E-state index contributed by atoms with van der Waals surface area (Å²) in [4.78, 5) is 11.2. The molecule has 0 amide bonds. The molecule has 0 aliphatic carbocycles. The van der Waals surface area contributed by atoms with Crippen LogP contribution in [0.15, 0.2) is 51.1 Å². The lowest BCUT2D eigenvalue weighted by Gasteiger charge is -2.08. The molecule has 0 saturated heterocycles. The molecule has 0 radical (unpaired) electrons. The number of phenols is 1. The molecule has 27 heavy (non-hydrogen) atoms. The van der Waals surface area contributed by atoms with Crippen molar-refractivity contribution in [3.05, 3.63) is 46.5 Å². The summed E-state index contributed by atoms with van der Waals surface area (Å²) < 4.78 is 6.52. The van der Waals surface area contributed by atoms with Gasteiger partial charge in [-0.05, 0) is 47.2 Å². The number of rotatable bonds is 5. The van der Waals surface area contributed by atoms with E-state index in [-0.39, 0.29) is 22.5 Å². The van der Waals surface area contributed by atoms with Crippen molar-refractivity contribution in [1.82, 2.24) is 25.1 Å². The molecule has 2 heterocycles. The Morgan fingerprint density at radius 2 is 1.96 bits per heavy atom. The van der Waals surface area contributed by atoms with Crippen LogP contribution in [0.25, 0.3) is 22.4 Å². The van der Waals surface area contributed by atoms with E-state index in [0.29, 0.717) is 28.0 Å². The van der Waals surface area contributed by atoms with Gasteiger partial charge < -0.3 is 9.67 Å². The van der Waals surface area contributed by atoms with E-state index >= 15 is 0 Å². The number of aromatic hydroxyl groups is 1. The molecule has 0 saturated carbocycles. The smallest absolute Gasteiger partial charge is 0.300 e. The average molecular weight is 384 g/mol. The van der Waals surface area contributed by atoms with E-state index in [1.54, 1.807) is 30.3 Å². The van der Waals surface area contributed by atoms with E-state index in [9.17, 15) is 15.2 Å². The highest BCUT2D eigenvalue weighted by Crippen LogP contribution is 2.37. The number of nitro benzene ring substituents is 1. The Labute approximate surface area is 155 Å². The molecule has 0 unspecified atom stereocenters. The number of hydrogen-bond acceptors (Lipinski definition) is 9. The number of fused-ring (bicyclic) bond motifs is 1. The van der Waals surface area contributed by atoms with Crippen LogP contribution in [0.4, 0.5) is 5.69 Å². The maximum atomic E-state index is 11.1. The topological polar surface area (TPSA) is 133 Å². The fourth-order valence-electron chi connectivity index (χ4n) is 2.67. The van der Waals surface area contributed by atoms with Crippen molar-refractivity contribution >= 4 is 28.5 Å². The SMILES string of the molecule is CCn1c(Sc2ccc([N+](=O)[O-])c3nonc23)nnc1-c1ccccc1O. The van der Waals surface area contributed by atoms with Gasteiger partial charge in [0.2, 0.25) is 5.52 Å². The van der Waals surface area contributed by atoms with Gasteiger partial charge in [0.05, 0.1) is 10.5 Å². The number of benzene rings is 2. The third kappa shape index (κ3) is 2.87. The molecule has 2 aromatic heterocycles. The maximum absolute atomic E-state index is 11.1. The molecule has 1 N–H and O–H groups in total. The monoisotopic (exact) mass is 384 g/mol. The first-order valence-electron chi connectivity index (χ1n) is 7.89. The minimum atomic E-state index is -0.536. The number of nitrogens with zero attached hydrogens (tertiary/aromatic N) is 6. The quantitative estimate of drug-likeness (QED) is 0.406. The van der Waals surface area contributed by atoms with E-state index in [1.165, 1.54) is 17.8 Å². The molecule has 0 atom stereocenters. The number of non-ortho nitro benzene ring substituents is 1. The van der Waals surface area contributed by atoms with E-state index in [2.05, 4.69) is 25.1 Å². The van der Waals surface area contributed by atoms with Gasteiger partial charge in [0.1, 0.15) is 5.75 Å². The van der Waals surface area contributed by atoms with Crippen molar-refractivity contribution in [1.29, 1.82) is 0 Å². The van der Waals surface area contributed by atoms with Crippen LogP contribution >= 0.6 is 11.8 Å². The summed E-state index contributed by atoms with van der Waals surface area (Å²) in [7, 11) is 0. The van der Waals surface area contributed by atoms with Gasteiger partial charge in [-0.15, -0.1) is 10.2 Å². The number of aromatic nitrogens is 5. The van der Waals surface area contributed by atoms with Gasteiger partial charge in [0, 0.05) is 17.5 Å². The van der Waals surface area contributed by atoms with Crippen LogP contribution in [0.1, 0.15) is 6.92 Å². The second-order valence-electron chi connectivity index (χ2n) is 5.47. The molecule has 11 heteroatoms. The molecule has 0 aliphatic rings. The molecule has 4 rings (SSSR count). The summed E-state index contributed by atoms with van der Waals surface area (Å²) in [5, 5.41) is 37.6. The van der Waals surface area contributed by atoms with Crippen molar-refractivity contribution in [2.75, 3.05) is 0 Å². The lowest BCUT2D eigenvalue weighted by molar-refractivity contribution is -0.383. The summed E-state index contributed by atoms with van der Waals surface area (Å²) >= 11 is 1.24. The van der Waals surface area contributed by atoms with E-state index in [1.807, 2.05) is 11.5 Å². The van der Waals surface area contributed by atoms with Gasteiger partial charge in [-0.2, -0.15) is 0 Å². The highest BCUT2D eigenvalue weighted by atomic mass is 32.2. The van der Waals surface area contributed by atoms with E-state index < -0.39 is 4.92 Å². The lowest BCUT2D eigenvalue weighted by atomic mass is 10.2. The van der Waals surface area contributed by atoms with Crippen molar-refractivity contribution < 1.29 is 14.7 Å². The summed E-state index contributed by atoms with van der Waals surface area (Å²) in [5.74, 6) is 0.629. The first kappa shape index (κ1) is 17.0. The van der Waals surface area contributed by atoms with Crippen LogP contribution in [0.5, 0.6) is 5.75 Å². The van der Waals surface area contributed by atoms with Crippen molar-refractivity contribution in [2.24, 2.45) is 0 Å². The predicted octanol–water partition coefficient (Wildman–Crippen LogP) is 3.27. The van der Waals surface area contributed by atoms with Crippen LogP contribution in [0.3, 0.4) is 0 Å². The highest BCUT2D eigenvalue weighted by molar-refractivity contribution is 7.99. The Bertz CT molecular complexity index is 1150. The zero-order valence-electron chi connectivity index (χ0n) is 13.9. The van der Waals surface area contributed by atoms with Gasteiger partial charge >= 0.3 is 5.69 Å². The Hall–Kier alpha value is -3.47. The standard InChI is InChI=1S/C16H12N6O4S/c1-2-21-15(9-5-3-4-6-11(9)23)17-18-16(21)27-12-8-7-10(22(24)25)13-14(12)20-26-19-13/h3-8,23H,2H2,1H3. The minimum absolute atomic E-state index is 0.0773. The van der Waals surface area contributed by atoms with Gasteiger partial charge in [-0.1, -0.05) is 12.1 Å². The third-order valence-electron chi connectivity index (χ3n) is 3.93.